The van der Waals surface area contributed by atoms with E-state index in [1.807, 2.05) is 0 Å². The van der Waals surface area contributed by atoms with Crippen molar-refractivity contribution in [3.63, 3.8) is 0 Å². The molecule has 116 heavy (non-hydrogen) atoms. The number of carbonyl (C=O) groups excluding carboxylic acids is 4. The van der Waals surface area contributed by atoms with Crippen LogP contribution in [0.1, 0.15) is 535 Å². The molecule has 0 rings (SSSR count). The molecule has 6 atom stereocenters. The summed E-state index contributed by atoms with van der Waals surface area (Å²) in [5.41, 5.74) is 0. The number of aliphatic hydroxyl groups is 1. The normalized spacial score (nSPS) is 13.8. The fourth-order valence-electron chi connectivity index (χ4n) is 15.4. The zero-order chi connectivity index (χ0) is 84.7. The van der Waals surface area contributed by atoms with E-state index in [4.69, 9.17) is 37.0 Å². The molecule has 3 unspecified atom stereocenters. The minimum atomic E-state index is -4.97. The first kappa shape index (κ1) is 114. The molecule has 0 bridgehead atoms. The Morgan fingerprint density at radius 2 is 0.414 bits per heavy atom. The summed E-state index contributed by atoms with van der Waals surface area (Å²) < 4.78 is 69.3. The molecule has 0 aromatic carbocycles. The molecular weight excluding hydrogens is 1500 g/mol. The summed E-state index contributed by atoms with van der Waals surface area (Å²) in [6.45, 7) is 7.43. The summed E-state index contributed by atoms with van der Waals surface area (Å²) >= 11 is 0. The van der Waals surface area contributed by atoms with Crippen molar-refractivity contribution in [2.75, 3.05) is 39.6 Å². The average molecular weight is 1690 g/mol. The molecule has 0 fully saturated rings. The lowest BCUT2D eigenvalue weighted by Crippen LogP contribution is -2.30. The fraction of sp³-hybridized carbons (Fsp3) is 0.959. The van der Waals surface area contributed by atoms with Crippen molar-refractivity contribution >= 4 is 39.5 Å². The van der Waals surface area contributed by atoms with Gasteiger partial charge in [-0.3, -0.25) is 37.3 Å². The molecule has 19 heteroatoms. The Labute approximate surface area is 715 Å². The molecule has 0 aliphatic heterocycles. The van der Waals surface area contributed by atoms with E-state index in [9.17, 15) is 43.2 Å². The van der Waals surface area contributed by atoms with E-state index in [-0.39, 0.29) is 25.7 Å². The van der Waals surface area contributed by atoms with Crippen molar-refractivity contribution < 1.29 is 80.2 Å². The van der Waals surface area contributed by atoms with Crippen molar-refractivity contribution in [2.24, 2.45) is 5.92 Å². The second kappa shape index (κ2) is 89.3. The van der Waals surface area contributed by atoms with Gasteiger partial charge in [0.2, 0.25) is 0 Å². The molecule has 17 nitrogen and oxygen atoms in total. The highest BCUT2D eigenvalue weighted by Crippen LogP contribution is 2.45. The van der Waals surface area contributed by atoms with Gasteiger partial charge in [-0.2, -0.15) is 0 Å². The number of esters is 4. The lowest BCUT2D eigenvalue weighted by Gasteiger charge is -2.21. The monoisotopic (exact) mass is 1690 g/mol. The molecule has 0 heterocycles. The zero-order valence-corrected chi connectivity index (χ0v) is 78.4. The van der Waals surface area contributed by atoms with Crippen LogP contribution < -0.4 is 0 Å². The molecule has 0 aliphatic rings. The van der Waals surface area contributed by atoms with Gasteiger partial charge >= 0.3 is 39.5 Å². The number of rotatable bonds is 97. The molecule has 0 aromatic heterocycles. The average Bonchev–Trinajstić information content (AvgIpc) is 0.894. The van der Waals surface area contributed by atoms with Crippen LogP contribution in [0.15, 0.2) is 0 Å². The predicted molar refractivity (Wildman–Crippen MR) is 483 cm³/mol. The van der Waals surface area contributed by atoms with Crippen LogP contribution in [0, 0.1) is 5.92 Å². The summed E-state index contributed by atoms with van der Waals surface area (Å²) in [5, 5.41) is 10.7. The molecule has 0 aliphatic carbocycles. The van der Waals surface area contributed by atoms with E-state index in [1.165, 1.54) is 360 Å². The molecule has 3 N–H and O–H groups in total. The van der Waals surface area contributed by atoms with Crippen LogP contribution in [0.25, 0.3) is 0 Å². The van der Waals surface area contributed by atoms with Gasteiger partial charge in [0, 0.05) is 25.7 Å². The number of carbonyl (C=O) groups is 4. The van der Waals surface area contributed by atoms with Gasteiger partial charge < -0.3 is 33.8 Å². The van der Waals surface area contributed by atoms with Gasteiger partial charge in [0.25, 0.3) is 0 Å². The van der Waals surface area contributed by atoms with Crippen LogP contribution in [-0.4, -0.2) is 96.7 Å². The summed E-state index contributed by atoms with van der Waals surface area (Å²) in [4.78, 5) is 73.6. The van der Waals surface area contributed by atoms with Crippen molar-refractivity contribution in [3.05, 3.63) is 0 Å². The van der Waals surface area contributed by atoms with Crippen LogP contribution in [0.4, 0.5) is 0 Å². The number of phosphoric ester groups is 2. The third-order valence-electron chi connectivity index (χ3n) is 23.4. The first-order chi connectivity index (χ1) is 56.6. The van der Waals surface area contributed by atoms with Crippen LogP contribution in [0.5, 0.6) is 0 Å². The highest BCUT2D eigenvalue weighted by molar-refractivity contribution is 7.47. The summed E-state index contributed by atoms with van der Waals surface area (Å²) in [6, 6.07) is 0. The molecule has 0 saturated heterocycles. The maximum atomic E-state index is 13.2. The number of ether oxygens (including phenoxy) is 4. The van der Waals surface area contributed by atoms with E-state index in [2.05, 4.69) is 34.6 Å². The molecule has 0 spiro atoms. The summed E-state index contributed by atoms with van der Waals surface area (Å²) in [6.07, 6.45) is 87.8. The van der Waals surface area contributed by atoms with Crippen LogP contribution in [0.3, 0.4) is 0 Å². The Morgan fingerprint density at radius 1 is 0.241 bits per heavy atom. The Balaban J connectivity index is 5.23. The number of aliphatic hydroxyl groups excluding tert-OH is 1. The van der Waals surface area contributed by atoms with Crippen LogP contribution in [-0.2, 0) is 65.4 Å². The maximum Gasteiger partial charge on any atom is 0.472 e. The van der Waals surface area contributed by atoms with E-state index in [0.29, 0.717) is 25.7 Å². The highest BCUT2D eigenvalue weighted by atomic mass is 31.2. The molecule has 0 saturated carbocycles. The molecule has 0 aromatic rings. The highest BCUT2D eigenvalue weighted by Gasteiger charge is 2.31. The Hall–Kier alpha value is -1.94. The van der Waals surface area contributed by atoms with E-state index in [1.54, 1.807) is 0 Å². The molecule has 0 amide bonds. The summed E-state index contributed by atoms with van der Waals surface area (Å²) in [5.74, 6) is -1.31. The second-order valence-electron chi connectivity index (χ2n) is 35.1. The van der Waals surface area contributed by atoms with Gasteiger partial charge in [-0.1, -0.05) is 484 Å². The van der Waals surface area contributed by atoms with Gasteiger partial charge in [0.1, 0.15) is 19.3 Å². The van der Waals surface area contributed by atoms with Gasteiger partial charge in [-0.15, -0.1) is 0 Å². The van der Waals surface area contributed by atoms with Crippen LogP contribution >= 0.6 is 15.6 Å². The van der Waals surface area contributed by atoms with Crippen LogP contribution in [0.2, 0.25) is 0 Å². The third-order valence-corrected chi connectivity index (χ3v) is 25.3. The van der Waals surface area contributed by atoms with E-state index >= 15 is 0 Å². The van der Waals surface area contributed by atoms with Crippen molar-refractivity contribution in [1.82, 2.24) is 0 Å². The minimum absolute atomic E-state index is 0.109. The smallest absolute Gasteiger partial charge is 0.462 e. The number of hydrogen-bond donors (Lipinski definition) is 3. The second-order valence-corrected chi connectivity index (χ2v) is 38.0. The minimum Gasteiger partial charge on any atom is -0.462 e. The van der Waals surface area contributed by atoms with E-state index < -0.39 is 97.5 Å². The first-order valence-electron chi connectivity index (χ1n) is 50.2. The Bertz CT molecular complexity index is 2190. The lowest BCUT2D eigenvalue weighted by atomic mass is 9.99. The molecule has 690 valence electrons. The number of hydrogen-bond acceptors (Lipinski definition) is 15. The Morgan fingerprint density at radius 3 is 0.612 bits per heavy atom. The van der Waals surface area contributed by atoms with Crippen molar-refractivity contribution in [2.45, 2.75) is 554 Å². The topological polar surface area (TPSA) is 237 Å². The van der Waals surface area contributed by atoms with Gasteiger partial charge in [-0.05, 0) is 31.6 Å². The molecule has 0 radical (unpaired) electrons. The Kier molecular flexibility index (Phi) is 87.8. The number of unbranched alkanes of at least 4 members (excludes halogenated alkanes) is 68. The standard InChI is InChI=1S/C97H190O17P2/c1-6-10-13-16-19-22-25-28-31-34-37-40-43-46-49-52-55-58-61-68-72-77-82-96(101)113-92(86-107-94(99)80-75-70-65-59-56-53-50-47-44-41-38-35-32-29-26-23-20-17-14-11-7-2)88-111-115(103,104)109-84-91(98)85-110-116(105,106)112-89-93(87-108-95(100)81-76-71-66-63-62-64-69-74-79-90(5)9-4)114-97(102)83-78-73-67-60-57-54-51-48-45-42-39-36-33-30-27-24-21-18-15-12-8-3/h90-93,98H,6-89H2,1-5H3,(H,103,104)(H,105,106)/t90?,91-,92-,93-/m1/s1. The van der Waals surface area contributed by atoms with Gasteiger partial charge in [-0.25, -0.2) is 9.13 Å². The summed E-state index contributed by atoms with van der Waals surface area (Å²) in [7, 11) is -9.94. The van der Waals surface area contributed by atoms with Crippen molar-refractivity contribution in [1.29, 1.82) is 0 Å². The van der Waals surface area contributed by atoms with Gasteiger partial charge in [0.15, 0.2) is 12.2 Å². The number of phosphoric acid groups is 2. The van der Waals surface area contributed by atoms with E-state index in [0.717, 1.165) is 95.8 Å². The maximum absolute atomic E-state index is 13.2. The van der Waals surface area contributed by atoms with Gasteiger partial charge in [0.05, 0.1) is 26.4 Å². The quantitative estimate of drug-likeness (QED) is 0.0222. The SMILES string of the molecule is CCCCCCCCCCCCCCCCCCCCCCCCC(=O)O[C@H](COC(=O)CCCCCCCCCCCCCCCCCCCCCCC)COP(=O)(O)OC[C@@H](O)COP(=O)(O)OC[C@@H](COC(=O)CCCCCCCCCCC(C)CC)OC(=O)CCCCCCCCCCCCCCCCCCCCCCC. The molecular formula is C97H190O17P2. The zero-order valence-electron chi connectivity index (χ0n) is 76.7. The van der Waals surface area contributed by atoms with Crippen molar-refractivity contribution in [3.8, 4) is 0 Å². The lowest BCUT2D eigenvalue weighted by molar-refractivity contribution is -0.161. The largest absolute Gasteiger partial charge is 0.472 e. The predicted octanol–water partition coefficient (Wildman–Crippen LogP) is 30.7. The fourth-order valence-corrected chi connectivity index (χ4v) is 17.0. The first-order valence-corrected chi connectivity index (χ1v) is 53.2. The third kappa shape index (κ3) is 88.4.